The van der Waals surface area contributed by atoms with E-state index in [1.54, 1.807) is 45.2 Å². The fourth-order valence-corrected chi connectivity index (χ4v) is 3.14. The summed E-state index contributed by atoms with van der Waals surface area (Å²) in [5.74, 6) is -0.922. The second kappa shape index (κ2) is 11.9. The average molecular weight is 441 g/mol. The number of hydrogen-bond acceptors (Lipinski definition) is 5. The van der Waals surface area contributed by atoms with Gasteiger partial charge in [-0.1, -0.05) is 44.2 Å². The van der Waals surface area contributed by atoms with Crippen molar-refractivity contribution in [3.63, 3.8) is 0 Å². The van der Waals surface area contributed by atoms with Crippen LogP contribution < -0.4 is 10.1 Å². The van der Waals surface area contributed by atoms with Gasteiger partial charge in [0.25, 0.3) is 11.8 Å². The number of benzene rings is 2. The molecule has 7 heteroatoms. The van der Waals surface area contributed by atoms with Crippen molar-refractivity contribution >= 4 is 17.8 Å². The number of amides is 2. The van der Waals surface area contributed by atoms with Crippen LogP contribution in [0.15, 0.2) is 54.6 Å². The first-order valence-electron chi connectivity index (χ1n) is 10.8. The van der Waals surface area contributed by atoms with Gasteiger partial charge in [0.1, 0.15) is 11.8 Å². The number of nitrogens with zero attached hydrogens (tertiary/aromatic N) is 1. The van der Waals surface area contributed by atoms with E-state index in [-0.39, 0.29) is 11.8 Å². The first kappa shape index (κ1) is 24.9. The van der Waals surface area contributed by atoms with Gasteiger partial charge in [-0.2, -0.15) is 0 Å². The largest absolute Gasteiger partial charge is 0.494 e. The minimum absolute atomic E-state index is 0.224. The molecule has 2 amide bonds. The standard InChI is InChI=1S/C25H32N2O5/c1-6-31-21-14-12-20(13-15-21)23(28)26-22(17(2)3)25(30)32-18(4)24(29)27(5)16-19-10-8-7-9-11-19/h7-15,17-18,22H,6,16H2,1-5H3,(H,26,28). The highest BCUT2D eigenvalue weighted by atomic mass is 16.5. The number of esters is 1. The van der Waals surface area contributed by atoms with Crippen molar-refractivity contribution in [3.8, 4) is 5.75 Å². The van der Waals surface area contributed by atoms with Crippen LogP contribution in [0, 0.1) is 5.92 Å². The van der Waals surface area contributed by atoms with Gasteiger partial charge in [-0.25, -0.2) is 4.79 Å². The Balaban J connectivity index is 1.97. The zero-order chi connectivity index (χ0) is 23.7. The molecule has 7 nitrogen and oxygen atoms in total. The lowest BCUT2D eigenvalue weighted by atomic mass is 10.0. The minimum atomic E-state index is -0.972. The highest BCUT2D eigenvalue weighted by molar-refractivity contribution is 5.97. The normalized spacial score (nSPS) is 12.6. The first-order chi connectivity index (χ1) is 15.2. The summed E-state index contributed by atoms with van der Waals surface area (Å²) in [7, 11) is 1.66. The van der Waals surface area contributed by atoms with E-state index in [0.717, 1.165) is 5.56 Å². The summed E-state index contributed by atoms with van der Waals surface area (Å²) in [5, 5.41) is 2.72. The van der Waals surface area contributed by atoms with Gasteiger partial charge in [0.15, 0.2) is 6.10 Å². The minimum Gasteiger partial charge on any atom is -0.494 e. The molecule has 0 saturated heterocycles. The van der Waals surface area contributed by atoms with Crippen molar-refractivity contribution in [2.45, 2.75) is 46.4 Å². The predicted octanol–water partition coefficient (Wildman–Crippen LogP) is 3.43. The van der Waals surface area contributed by atoms with Crippen molar-refractivity contribution in [2.75, 3.05) is 13.7 Å². The SMILES string of the molecule is CCOc1ccc(C(=O)NC(C(=O)OC(C)C(=O)N(C)Cc2ccccc2)C(C)C)cc1. The molecule has 0 aliphatic rings. The molecule has 1 N–H and O–H groups in total. The fourth-order valence-electron chi connectivity index (χ4n) is 3.14. The van der Waals surface area contributed by atoms with E-state index >= 15 is 0 Å². The summed E-state index contributed by atoms with van der Waals surface area (Å²) >= 11 is 0. The van der Waals surface area contributed by atoms with Gasteiger partial charge in [-0.15, -0.1) is 0 Å². The van der Waals surface area contributed by atoms with Gasteiger partial charge in [0.05, 0.1) is 6.61 Å². The third-order valence-electron chi connectivity index (χ3n) is 4.91. The Kier molecular flexibility index (Phi) is 9.25. The van der Waals surface area contributed by atoms with Crippen LogP contribution in [-0.2, 0) is 20.9 Å². The molecule has 2 atom stereocenters. The lowest BCUT2D eigenvalue weighted by Gasteiger charge is -2.25. The van der Waals surface area contributed by atoms with E-state index in [0.29, 0.717) is 24.5 Å². The van der Waals surface area contributed by atoms with E-state index in [9.17, 15) is 14.4 Å². The van der Waals surface area contributed by atoms with Crippen molar-refractivity contribution in [3.05, 3.63) is 65.7 Å². The molecular weight excluding hydrogens is 408 g/mol. The van der Waals surface area contributed by atoms with E-state index in [1.807, 2.05) is 37.3 Å². The van der Waals surface area contributed by atoms with Gasteiger partial charge in [-0.05, 0) is 49.6 Å². The molecule has 0 spiro atoms. The zero-order valence-corrected chi connectivity index (χ0v) is 19.3. The Hall–Kier alpha value is -3.35. The number of ether oxygens (including phenoxy) is 2. The summed E-state index contributed by atoms with van der Waals surface area (Å²) in [6, 6.07) is 15.3. The molecule has 0 fully saturated rings. The van der Waals surface area contributed by atoms with Gasteiger partial charge in [0, 0.05) is 19.2 Å². The van der Waals surface area contributed by atoms with Crippen LogP contribution in [0.2, 0.25) is 0 Å². The molecule has 0 aliphatic heterocycles. The van der Waals surface area contributed by atoms with Crippen LogP contribution in [0.3, 0.4) is 0 Å². The molecule has 2 rings (SSSR count). The molecule has 0 aromatic heterocycles. The number of likely N-dealkylation sites (N-methyl/N-ethyl adjacent to an activating group) is 1. The topological polar surface area (TPSA) is 84.9 Å². The molecule has 0 aliphatic carbocycles. The predicted molar refractivity (Wildman–Crippen MR) is 122 cm³/mol. The summed E-state index contributed by atoms with van der Waals surface area (Å²) in [4.78, 5) is 39.6. The van der Waals surface area contributed by atoms with Crippen LogP contribution in [0.25, 0.3) is 0 Å². The number of hydrogen-bond donors (Lipinski definition) is 1. The maximum Gasteiger partial charge on any atom is 0.329 e. The Bertz CT molecular complexity index is 896. The van der Waals surface area contributed by atoms with E-state index in [1.165, 1.54) is 11.8 Å². The van der Waals surface area contributed by atoms with Crippen LogP contribution in [0.1, 0.15) is 43.6 Å². The molecule has 2 unspecified atom stereocenters. The second-order valence-corrected chi connectivity index (χ2v) is 7.91. The molecule has 32 heavy (non-hydrogen) atoms. The summed E-state index contributed by atoms with van der Waals surface area (Å²) < 4.78 is 10.8. The lowest BCUT2D eigenvalue weighted by Crippen LogP contribution is -2.47. The highest BCUT2D eigenvalue weighted by Crippen LogP contribution is 2.14. The molecular formula is C25H32N2O5. The number of carbonyl (C=O) groups is 3. The van der Waals surface area contributed by atoms with Gasteiger partial charge in [0.2, 0.25) is 0 Å². The third-order valence-corrected chi connectivity index (χ3v) is 4.91. The van der Waals surface area contributed by atoms with Crippen molar-refractivity contribution in [1.29, 1.82) is 0 Å². The maximum absolute atomic E-state index is 12.8. The quantitative estimate of drug-likeness (QED) is 0.572. The van der Waals surface area contributed by atoms with E-state index < -0.39 is 24.0 Å². The van der Waals surface area contributed by atoms with Crippen molar-refractivity contribution in [2.24, 2.45) is 5.92 Å². The van der Waals surface area contributed by atoms with Gasteiger partial charge < -0.3 is 19.7 Å². The highest BCUT2D eigenvalue weighted by Gasteiger charge is 2.30. The molecule has 0 heterocycles. The van der Waals surface area contributed by atoms with E-state index in [2.05, 4.69) is 5.32 Å². The second-order valence-electron chi connectivity index (χ2n) is 7.91. The molecule has 0 radical (unpaired) electrons. The smallest absolute Gasteiger partial charge is 0.329 e. The van der Waals surface area contributed by atoms with Gasteiger partial charge >= 0.3 is 5.97 Å². The average Bonchev–Trinajstić information content (AvgIpc) is 2.77. The van der Waals surface area contributed by atoms with E-state index in [4.69, 9.17) is 9.47 Å². The summed E-state index contributed by atoms with van der Waals surface area (Å²) in [6.07, 6.45) is -0.972. The van der Waals surface area contributed by atoms with Gasteiger partial charge in [-0.3, -0.25) is 9.59 Å². The van der Waals surface area contributed by atoms with Crippen molar-refractivity contribution < 1.29 is 23.9 Å². The molecule has 0 saturated carbocycles. The lowest BCUT2D eigenvalue weighted by molar-refractivity contribution is -0.161. The molecule has 172 valence electrons. The Morgan fingerprint density at radius 3 is 2.16 bits per heavy atom. The molecule has 2 aromatic carbocycles. The van der Waals surface area contributed by atoms with Crippen LogP contribution in [-0.4, -0.2) is 48.5 Å². The monoisotopic (exact) mass is 440 g/mol. The fraction of sp³-hybridized carbons (Fsp3) is 0.400. The maximum atomic E-state index is 12.8. The molecule has 2 aromatic rings. The van der Waals surface area contributed by atoms with Crippen LogP contribution in [0.4, 0.5) is 0 Å². The number of nitrogens with one attached hydrogen (secondary N) is 1. The van der Waals surface area contributed by atoms with Crippen LogP contribution >= 0.6 is 0 Å². The zero-order valence-electron chi connectivity index (χ0n) is 19.3. The summed E-state index contributed by atoms with van der Waals surface area (Å²) in [5.41, 5.74) is 1.38. The Labute approximate surface area is 189 Å². The number of carbonyl (C=O) groups excluding carboxylic acids is 3. The first-order valence-corrected chi connectivity index (χ1v) is 10.8. The number of rotatable bonds is 10. The van der Waals surface area contributed by atoms with Crippen molar-refractivity contribution in [1.82, 2.24) is 10.2 Å². The Morgan fingerprint density at radius 2 is 1.59 bits per heavy atom. The van der Waals surface area contributed by atoms with Crippen LogP contribution in [0.5, 0.6) is 5.75 Å². The molecule has 0 bridgehead atoms. The Morgan fingerprint density at radius 1 is 0.969 bits per heavy atom. The summed E-state index contributed by atoms with van der Waals surface area (Å²) in [6.45, 7) is 7.96. The third kappa shape index (κ3) is 7.11.